The summed E-state index contributed by atoms with van der Waals surface area (Å²) in [6, 6.07) is 6.74. The van der Waals surface area contributed by atoms with Crippen molar-refractivity contribution < 1.29 is 4.74 Å². The van der Waals surface area contributed by atoms with Gasteiger partial charge in [0.2, 0.25) is 0 Å². The third-order valence-corrected chi connectivity index (χ3v) is 4.60. The van der Waals surface area contributed by atoms with Crippen molar-refractivity contribution in [1.82, 2.24) is 10.2 Å². The number of likely N-dealkylation sites (tertiary alicyclic amines) is 1. The molecular formula is C15H22BrClN2O. The van der Waals surface area contributed by atoms with Crippen molar-refractivity contribution in [2.75, 3.05) is 33.4 Å². The van der Waals surface area contributed by atoms with E-state index in [2.05, 4.69) is 38.3 Å². The van der Waals surface area contributed by atoms with Gasteiger partial charge < -0.3 is 10.1 Å². The Morgan fingerprint density at radius 3 is 3.10 bits per heavy atom. The molecule has 0 spiro atoms. The van der Waals surface area contributed by atoms with Gasteiger partial charge in [-0.1, -0.05) is 33.6 Å². The molecule has 3 nitrogen and oxygen atoms in total. The zero-order valence-corrected chi connectivity index (χ0v) is 14.2. The summed E-state index contributed by atoms with van der Waals surface area (Å²) in [7, 11) is 1.74. The highest BCUT2D eigenvalue weighted by Crippen LogP contribution is 2.26. The lowest BCUT2D eigenvalue weighted by Gasteiger charge is -2.25. The minimum Gasteiger partial charge on any atom is -0.383 e. The SMILES string of the molecule is COCCNCC1CCCN1Cc1ccc(Br)cc1Cl. The molecule has 0 amide bonds. The predicted molar refractivity (Wildman–Crippen MR) is 87.3 cm³/mol. The topological polar surface area (TPSA) is 24.5 Å². The summed E-state index contributed by atoms with van der Waals surface area (Å²) in [6.45, 7) is 4.80. The van der Waals surface area contributed by atoms with Gasteiger partial charge in [-0.05, 0) is 37.1 Å². The quantitative estimate of drug-likeness (QED) is 0.754. The molecule has 2 rings (SSSR count). The maximum Gasteiger partial charge on any atom is 0.0587 e. The van der Waals surface area contributed by atoms with Crippen LogP contribution in [0.2, 0.25) is 5.02 Å². The minimum atomic E-state index is 0.603. The molecule has 1 N–H and O–H groups in total. The average molecular weight is 362 g/mol. The van der Waals surface area contributed by atoms with Crippen LogP contribution in [0.3, 0.4) is 0 Å². The van der Waals surface area contributed by atoms with Gasteiger partial charge in [-0.25, -0.2) is 0 Å². The Bertz CT molecular complexity index is 430. The lowest BCUT2D eigenvalue weighted by molar-refractivity contribution is 0.191. The number of halogens is 2. The molecule has 1 atom stereocenters. The van der Waals surface area contributed by atoms with E-state index in [1.807, 2.05) is 6.07 Å². The van der Waals surface area contributed by atoms with Crippen LogP contribution < -0.4 is 5.32 Å². The average Bonchev–Trinajstić information content (AvgIpc) is 2.85. The summed E-state index contributed by atoms with van der Waals surface area (Å²) < 4.78 is 6.09. The first-order valence-electron chi connectivity index (χ1n) is 7.08. The van der Waals surface area contributed by atoms with Crippen LogP contribution in [0.4, 0.5) is 0 Å². The third kappa shape index (κ3) is 4.71. The van der Waals surface area contributed by atoms with Crippen LogP contribution in [-0.4, -0.2) is 44.3 Å². The number of hydrogen-bond acceptors (Lipinski definition) is 3. The molecule has 0 aliphatic carbocycles. The van der Waals surface area contributed by atoms with Crippen LogP contribution >= 0.6 is 27.5 Å². The summed E-state index contributed by atoms with van der Waals surface area (Å²) in [5.74, 6) is 0. The maximum absolute atomic E-state index is 6.31. The second kappa shape index (κ2) is 8.35. The Morgan fingerprint density at radius 1 is 1.50 bits per heavy atom. The van der Waals surface area contributed by atoms with Gasteiger partial charge in [-0.15, -0.1) is 0 Å². The van der Waals surface area contributed by atoms with Crippen molar-refractivity contribution in [3.05, 3.63) is 33.3 Å². The highest BCUT2D eigenvalue weighted by molar-refractivity contribution is 9.10. The van der Waals surface area contributed by atoms with Gasteiger partial charge in [-0.2, -0.15) is 0 Å². The number of benzene rings is 1. The highest BCUT2D eigenvalue weighted by Gasteiger charge is 2.24. The lowest BCUT2D eigenvalue weighted by atomic mass is 10.2. The van der Waals surface area contributed by atoms with E-state index in [0.717, 1.165) is 42.3 Å². The van der Waals surface area contributed by atoms with Crippen LogP contribution in [0.15, 0.2) is 22.7 Å². The van der Waals surface area contributed by atoms with E-state index in [0.29, 0.717) is 6.04 Å². The van der Waals surface area contributed by atoms with Gasteiger partial charge in [0.15, 0.2) is 0 Å². The normalized spacial score (nSPS) is 19.6. The standard InChI is InChI=1S/C15H22BrClN2O/c1-20-8-6-18-10-14-3-2-7-19(14)11-12-4-5-13(16)9-15(12)17/h4-5,9,14,18H,2-3,6-8,10-11H2,1H3. The van der Waals surface area contributed by atoms with Crippen LogP contribution in [0.5, 0.6) is 0 Å². The second-order valence-electron chi connectivity index (χ2n) is 5.20. The Morgan fingerprint density at radius 2 is 2.35 bits per heavy atom. The molecule has 5 heteroatoms. The summed E-state index contributed by atoms with van der Waals surface area (Å²) in [5, 5.41) is 4.31. The molecule has 1 aliphatic heterocycles. The fourth-order valence-corrected chi connectivity index (χ4v) is 3.38. The number of nitrogens with zero attached hydrogens (tertiary/aromatic N) is 1. The van der Waals surface area contributed by atoms with Gasteiger partial charge >= 0.3 is 0 Å². The second-order valence-corrected chi connectivity index (χ2v) is 6.52. The van der Waals surface area contributed by atoms with Crippen LogP contribution in [0, 0.1) is 0 Å². The number of ether oxygens (including phenoxy) is 1. The molecule has 0 bridgehead atoms. The molecule has 0 radical (unpaired) electrons. The monoisotopic (exact) mass is 360 g/mol. The molecule has 0 aromatic heterocycles. The van der Waals surface area contributed by atoms with Gasteiger partial charge in [0.25, 0.3) is 0 Å². The number of rotatable bonds is 7. The molecule has 112 valence electrons. The van der Waals surface area contributed by atoms with E-state index < -0.39 is 0 Å². The number of methoxy groups -OCH3 is 1. The van der Waals surface area contributed by atoms with Gasteiger partial charge in [-0.3, -0.25) is 4.90 Å². The Kier molecular flexibility index (Phi) is 6.78. The van der Waals surface area contributed by atoms with E-state index in [1.54, 1.807) is 7.11 Å². The molecule has 1 aliphatic rings. The third-order valence-electron chi connectivity index (χ3n) is 3.75. The van der Waals surface area contributed by atoms with E-state index >= 15 is 0 Å². The minimum absolute atomic E-state index is 0.603. The van der Waals surface area contributed by atoms with E-state index in [9.17, 15) is 0 Å². The van der Waals surface area contributed by atoms with Crippen molar-refractivity contribution in [3.63, 3.8) is 0 Å². The van der Waals surface area contributed by atoms with Crippen molar-refractivity contribution in [2.45, 2.75) is 25.4 Å². The van der Waals surface area contributed by atoms with Crippen molar-refractivity contribution in [2.24, 2.45) is 0 Å². The van der Waals surface area contributed by atoms with Gasteiger partial charge in [0, 0.05) is 42.3 Å². The van der Waals surface area contributed by atoms with Gasteiger partial charge in [0.1, 0.15) is 0 Å². The van der Waals surface area contributed by atoms with E-state index in [1.165, 1.54) is 18.4 Å². The zero-order valence-electron chi connectivity index (χ0n) is 11.9. The van der Waals surface area contributed by atoms with Crippen LogP contribution in [0.25, 0.3) is 0 Å². The Hall–Kier alpha value is -0.130. The zero-order chi connectivity index (χ0) is 14.4. The lowest BCUT2D eigenvalue weighted by Crippen LogP contribution is -2.38. The van der Waals surface area contributed by atoms with Crippen molar-refractivity contribution in [3.8, 4) is 0 Å². The summed E-state index contributed by atoms with van der Waals surface area (Å²) >= 11 is 9.76. The molecule has 1 saturated heterocycles. The largest absolute Gasteiger partial charge is 0.383 e. The molecule has 1 aromatic carbocycles. The molecular weight excluding hydrogens is 340 g/mol. The molecule has 1 fully saturated rings. The van der Waals surface area contributed by atoms with Crippen LogP contribution in [0.1, 0.15) is 18.4 Å². The summed E-state index contributed by atoms with van der Waals surface area (Å²) in [4.78, 5) is 2.52. The van der Waals surface area contributed by atoms with Crippen LogP contribution in [-0.2, 0) is 11.3 Å². The number of nitrogens with one attached hydrogen (secondary N) is 1. The fraction of sp³-hybridized carbons (Fsp3) is 0.600. The first-order chi connectivity index (χ1) is 9.70. The first kappa shape index (κ1) is 16.2. The summed E-state index contributed by atoms with van der Waals surface area (Å²) in [5.41, 5.74) is 1.21. The molecule has 20 heavy (non-hydrogen) atoms. The molecule has 0 saturated carbocycles. The highest BCUT2D eigenvalue weighted by atomic mass is 79.9. The Labute approximate surface area is 134 Å². The predicted octanol–water partition coefficient (Wildman–Crippen LogP) is 3.30. The molecule has 1 unspecified atom stereocenters. The fourth-order valence-electron chi connectivity index (χ4n) is 2.65. The maximum atomic E-state index is 6.31. The van der Waals surface area contributed by atoms with E-state index in [-0.39, 0.29) is 0 Å². The van der Waals surface area contributed by atoms with Gasteiger partial charge in [0.05, 0.1) is 6.61 Å². The number of hydrogen-bond donors (Lipinski definition) is 1. The van der Waals surface area contributed by atoms with Crippen molar-refractivity contribution >= 4 is 27.5 Å². The smallest absolute Gasteiger partial charge is 0.0587 e. The Balaban J connectivity index is 1.87. The van der Waals surface area contributed by atoms with E-state index in [4.69, 9.17) is 16.3 Å². The molecule has 1 aromatic rings. The molecule has 1 heterocycles. The summed E-state index contributed by atoms with van der Waals surface area (Å²) in [6.07, 6.45) is 2.53. The first-order valence-corrected chi connectivity index (χ1v) is 8.25. The van der Waals surface area contributed by atoms with Crippen molar-refractivity contribution in [1.29, 1.82) is 0 Å².